The molecule has 3 rings (SSSR count). The summed E-state index contributed by atoms with van der Waals surface area (Å²) >= 11 is 0. The minimum atomic E-state index is -3.66. The molecule has 0 saturated carbocycles. The van der Waals surface area contributed by atoms with E-state index in [-0.39, 0.29) is 23.1 Å². The Kier molecular flexibility index (Phi) is 8.65. The van der Waals surface area contributed by atoms with Crippen LogP contribution in [0, 0.1) is 6.92 Å². The number of aryl methyl sites for hydroxylation is 1. The quantitative estimate of drug-likeness (QED) is 0.499. The van der Waals surface area contributed by atoms with E-state index < -0.39 is 10.0 Å². The highest BCUT2D eigenvalue weighted by Gasteiger charge is 2.32. The zero-order valence-electron chi connectivity index (χ0n) is 18.8. The Morgan fingerprint density at radius 2 is 2.19 bits per heavy atom. The van der Waals surface area contributed by atoms with Gasteiger partial charge < -0.3 is 23.8 Å². The van der Waals surface area contributed by atoms with Crippen molar-refractivity contribution in [3.8, 4) is 0 Å². The summed E-state index contributed by atoms with van der Waals surface area (Å²) in [7, 11) is -1.98. The zero-order chi connectivity index (χ0) is 22.3. The summed E-state index contributed by atoms with van der Waals surface area (Å²) in [6.07, 6.45) is 4.40. The molecule has 0 bridgehead atoms. The smallest absolute Gasteiger partial charge is 0.242 e. The number of hydrogen-bond donors (Lipinski definition) is 1. The maximum absolute atomic E-state index is 12.7. The number of morpholine rings is 1. The summed E-state index contributed by atoms with van der Waals surface area (Å²) in [5.41, 5.74) is 0.336. The van der Waals surface area contributed by atoms with Crippen molar-refractivity contribution in [3.63, 3.8) is 0 Å². The number of methoxy groups -OCH3 is 1. The standard InChI is InChI=1S/C21H35N3O6S/c1-17-13-20(24-8-12-30-21(2,16-24)6-10-27-3)22-14-19(17)31(25,26)23-7-11-28-15-18-5-4-9-29-18/h13-14,18,23H,4-12,15-16H2,1-3H3. The van der Waals surface area contributed by atoms with Gasteiger partial charge in [-0.2, -0.15) is 0 Å². The number of rotatable bonds is 11. The number of nitrogens with zero attached hydrogens (tertiary/aromatic N) is 2. The molecule has 10 heteroatoms. The van der Waals surface area contributed by atoms with E-state index in [4.69, 9.17) is 18.9 Å². The molecule has 3 heterocycles. The molecular formula is C21H35N3O6S. The average Bonchev–Trinajstić information content (AvgIpc) is 3.25. The second kappa shape index (κ2) is 11.0. The Hall–Kier alpha value is -1.30. The van der Waals surface area contributed by atoms with Crippen molar-refractivity contribution < 1.29 is 27.4 Å². The van der Waals surface area contributed by atoms with Crippen molar-refractivity contribution in [1.82, 2.24) is 9.71 Å². The summed E-state index contributed by atoms with van der Waals surface area (Å²) in [6, 6.07) is 1.82. The number of pyridine rings is 1. The minimum Gasteiger partial charge on any atom is -0.385 e. The van der Waals surface area contributed by atoms with Crippen LogP contribution >= 0.6 is 0 Å². The lowest BCUT2D eigenvalue weighted by molar-refractivity contribution is -0.0586. The van der Waals surface area contributed by atoms with E-state index in [1.165, 1.54) is 6.20 Å². The number of ether oxygens (including phenoxy) is 4. The van der Waals surface area contributed by atoms with Crippen molar-refractivity contribution in [2.45, 2.75) is 49.7 Å². The first-order valence-corrected chi connectivity index (χ1v) is 12.3. The van der Waals surface area contributed by atoms with Crippen LogP contribution in [0.5, 0.6) is 0 Å². The van der Waals surface area contributed by atoms with Gasteiger partial charge in [0, 0.05) is 52.6 Å². The second-order valence-corrected chi connectivity index (χ2v) is 10.1. The Balaban J connectivity index is 1.55. The lowest BCUT2D eigenvalue weighted by Gasteiger charge is -2.41. The highest BCUT2D eigenvalue weighted by atomic mass is 32.2. The Morgan fingerprint density at radius 1 is 1.35 bits per heavy atom. The molecule has 0 radical (unpaired) electrons. The largest absolute Gasteiger partial charge is 0.385 e. The van der Waals surface area contributed by atoms with Crippen molar-refractivity contribution >= 4 is 15.8 Å². The van der Waals surface area contributed by atoms with Gasteiger partial charge in [0.15, 0.2) is 0 Å². The van der Waals surface area contributed by atoms with Gasteiger partial charge in [0.05, 0.1) is 31.5 Å². The van der Waals surface area contributed by atoms with E-state index >= 15 is 0 Å². The van der Waals surface area contributed by atoms with Gasteiger partial charge >= 0.3 is 0 Å². The number of hydrogen-bond acceptors (Lipinski definition) is 8. The van der Waals surface area contributed by atoms with Gasteiger partial charge in [0.2, 0.25) is 10.0 Å². The van der Waals surface area contributed by atoms with Gasteiger partial charge in [-0.1, -0.05) is 0 Å². The van der Waals surface area contributed by atoms with Crippen molar-refractivity contribution in [3.05, 3.63) is 17.8 Å². The van der Waals surface area contributed by atoms with E-state index in [9.17, 15) is 8.42 Å². The second-order valence-electron chi connectivity index (χ2n) is 8.38. The number of aromatic nitrogens is 1. The number of sulfonamides is 1. The predicted molar refractivity (Wildman–Crippen MR) is 117 cm³/mol. The van der Waals surface area contributed by atoms with E-state index in [2.05, 4.69) is 21.5 Å². The molecule has 2 aliphatic rings. The molecule has 31 heavy (non-hydrogen) atoms. The first kappa shape index (κ1) is 24.3. The van der Waals surface area contributed by atoms with Crippen LogP contribution in [0.3, 0.4) is 0 Å². The van der Waals surface area contributed by atoms with Gasteiger partial charge in [-0.3, -0.25) is 0 Å². The molecule has 2 fully saturated rings. The lowest BCUT2D eigenvalue weighted by Crippen LogP contribution is -2.51. The molecule has 2 atom stereocenters. The van der Waals surface area contributed by atoms with Crippen LogP contribution in [0.2, 0.25) is 0 Å². The highest BCUT2D eigenvalue weighted by molar-refractivity contribution is 7.89. The fourth-order valence-electron chi connectivity index (χ4n) is 3.89. The van der Waals surface area contributed by atoms with Gasteiger partial charge in [0.1, 0.15) is 10.7 Å². The fraction of sp³-hybridized carbons (Fsp3) is 0.762. The van der Waals surface area contributed by atoms with E-state index in [1.807, 2.05) is 6.07 Å². The summed E-state index contributed by atoms with van der Waals surface area (Å²) in [5, 5.41) is 0. The van der Waals surface area contributed by atoms with Crippen LogP contribution in [0.25, 0.3) is 0 Å². The molecule has 0 amide bonds. The first-order chi connectivity index (χ1) is 14.8. The van der Waals surface area contributed by atoms with Crippen LogP contribution in [0.15, 0.2) is 17.2 Å². The monoisotopic (exact) mass is 457 g/mol. The highest BCUT2D eigenvalue weighted by Crippen LogP contribution is 2.26. The molecule has 176 valence electrons. The SMILES string of the molecule is COCCC1(C)CN(c2cc(C)c(S(=O)(=O)NCCOCC3CCCO3)cn2)CCO1. The predicted octanol–water partition coefficient (Wildman–Crippen LogP) is 1.50. The normalized spacial score (nSPS) is 24.6. The van der Waals surface area contributed by atoms with Gasteiger partial charge in [-0.25, -0.2) is 18.1 Å². The minimum absolute atomic E-state index is 0.132. The van der Waals surface area contributed by atoms with Crippen LogP contribution in [-0.2, 0) is 29.0 Å². The number of nitrogens with one attached hydrogen (secondary N) is 1. The van der Waals surface area contributed by atoms with Crippen LogP contribution in [0.4, 0.5) is 5.82 Å². The molecule has 1 aromatic rings. The van der Waals surface area contributed by atoms with Gasteiger partial charge in [0.25, 0.3) is 0 Å². The lowest BCUT2D eigenvalue weighted by atomic mass is 10.00. The van der Waals surface area contributed by atoms with Crippen molar-refractivity contribution in [1.29, 1.82) is 0 Å². The molecule has 0 aliphatic carbocycles. The summed E-state index contributed by atoms with van der Waals surface area (Å²) in [4.78, 5) is 6.76. The molecule has 9 nitrogen and oxygen atoms in total. The maximum atomic E-state index is 12.7. The van der Waals surface area contributed by atoms with Gasteiger partial charge in [-0.05, 0) is 38.3 Å². The fourth-order valence-corrected chi connectivity index (χ4v) is 5.08. The topological polar surface area (TPSA) is 99.2 Å². The first-order valence-electron chi connectivity index (χ1n) is 10.9. The maximum Gasteiger partial charge on any atom is 0.242 e. The third kappa shape index (κ3) is 6.84. The van der Waals surface area contributed by atoms with Crippen LogP contribution in [0.1, 0.15) is 31.7 Å². The summed E-state index contributed by atoms with van der Waals surface area (Å²) < 4.78 is 50.2. The van der Waals surface area contributed by atoms with E-state index in [0.29, 0.717) is 45.1 Å². The molecule has 2 aliphatic heterocycles. The van der Waals surface area contributed by atoms with Gasteiger partial charge in [-0.15, -0.1) is 0 Å². The Morgan fingerprint density at radius 3 is 2.90 bits per heavy atom. The van der Waals surface area contributed by atoms with E-state index in [0.717, 1.165) is 31.7 Å². The third-order valence-electron chi connectivity index (χ3n) is 5.70. The summed E-state index contributed by atoms with van der Waals surface area (Å²) in [6.45, 7) is 8.24. The molecule has 1 aromatic heterocycles. The summed E-state index contributed by atoms with van der Waals surface area (Å²) in [5.74, 6) is 0.753. The Labute approximate surface area is 185 Å². The van der Waals surface area contributed by atoms with Crippen molar-refractivity contribution in [2.24, 2.45) is 0 Å². The van der Waals surface area contributed by atoms with Crippen molar-refractivity contribution in [2.75, 3.05) is 64.7 Å². The third-order valence-corrected chi connectivity index (χ3v) is 7.29. The van der Waals surface area contributed by atoms with Crippen LogP contribution in [-0.4, -0.2) is 84.9 Å². The average molecular weight is 458 g/mol. The molecule has 2 unspecified atom stereocenters. The van der Waals surface area contributed by atoms with Crippen LogP contribution < -0.4 is 9.62 Å². The van der Waals surface area contributed by atoms with E-state index in [1.54, 1.807) is 14.0 Å². The molecular weight excluding hydrogens is 422 g/mol. The number of anilines is 1. The molecule has 2 saturated heterocycles. The Bertz CT molecular complexity index is 815. The molecule has 1 N–H and O–H groups in total. The molecule has 0 spiro atoms. The molecule has 0 aromatic carbocycles. The zero-order valence-corrected chi connectivity index (χ0v) is 19.6.